The van der Waals surface area contributed by atoms with Gasteiger partial charge in [0.15, 0.2) is 0 Å². The number of furan rings is 1. The highest BCUT2D eigenvalue weighted by Crippen LogP contribution is 2.31. The molecule has 1 amide bonds. The van der Waals surface area contributed by atoms with E-state index in [0.29, 0.717) is 28.0 Å². The highest BCUT2D eigenvalue weighted by Gasteiger charge is 2.20. The molecule has 0 spiro atoms. The molecule has 3 aromatic rings. The Balaban J connectivity index is 1.99. The molecular formula is C17H13ClN2O5. The molecule has 0 atom stereocenters. The largest absolute Gasteiger partial charge is 0.497 e. The van der Waals surface area contributed by atoms with Crippen LogP contribution in [0.4, 0.5) is 11.4 Å². The third-order valence-corrected chi connectivity index (χ3v) is 4.02. The topological polar surface area (TPSA) is 94.6 Å². The van der Waals surface area contributed by atoms with Gasteiger partial charge < -0.3 is 14.5 Å². The van der Waals surface area contributed by atoms with Crippen molar-refractivity contribution in [1.29, 1.82) is 0 Å². The van der Waals surface area contributed by atoms with Crippen LogP contribution in [0.25, 0.3) is 11.0 Å². The molecule has 0 saturated heterocycles. The number of hydrogen-bond donors (Lipinski definition) is 1. The maximum atomic E-state index is 12.7. The summed E-state index contributed by atoms with van der Waals surface area (Å²) in [7, 11) is 1.53. The Bertz CT molecular complexity index is 996. The van der Waals surface area contributed by atoms with Gasteiger partial charge >= 0.3 is 0 Å². The molecule has 0 unspecified atom stereocenters. The van der Waals surface area contributed by atoms with Gasteiger partial charge in [0.2, 0.25) is 0 Å². The van der Waals surface area contributed by atoms with Crippen LogP contribution < -0.4 is 10.1 Å². The van der Waals surface area contributed by atoms with Gasteiger partial charge in [-0.05, 0) is 37.3 Å². The SMILES string of the molecule is COc1ccc2oc(C)c(C(=O)Nc3ccc(Cl)c([N+](=O)[O-])c3)c2c1. The van der Waals surface area contributed by atoms with Gasteiger partial charge in [-0.15, -0.1) is 0 Å². The molecule has 8 heteroatoms. The van der Waals surface area contributed by atoms with Crippen molar-refractivity contribution >= 4 is 39.9 Å². The number of anilines is 1. The summed E-state index contributed by atoms with van der Waals surface area (Å²) in [4.78, 5) is 23.0. The minimum Gasteiger partial charge on any atom is -0.497 e. The lowest BCUT2D eigenvalue weighted by Crippen LogP contribution is -2.12. The van der Waals surface area contributed by atoms with Crippen molar-refractivity contribution < 1.29 is 18.9 Å². The zero-order chi connectivity index (χ0) is 18.1. The number of nitro groups is 1. The standard InChI is InChI=1S/C17H13ClN2O5/c1-9-16(12-8-11(24-2)4-6-15(12)25-9)17(21)19-10-3-5-13(18)14(7-10)20(22)23/h3-8H,1-2H3,(H,19,21). The number of rotatable bonds is 4. The first-order valence-corrected chi connectivity index (χ1v) is 7.61. The van der Waals surface area contributed by atoms with Crippen LogP contribution in [0.2, 0.25) is 5.02 Å². The van der Waals surface area contributed by atoms with Crippen molar-refractivity contribution in [3.63, 3.8) is 0 Å². The van der Waals surface area contributed by atoms with Crippen molar-refractivity contribution in [3.05, 3.63) is 62.9 Å². The van der Waals surface area contributed by atoms with E-state index in [1.54, 1.807) is 25.1 Å². The number of nitrogens with zero attached hydrogens (tertiary/aromatic N) is 1. The van der Waals surface area contributed by atoms with Crippen LogP contribution in [0.3, 0.4) is 0 Å². The van der Waals surface area contributed by atoms with E-state index in [9.17, 15) is 14.9 Å². The first-order valence-electron chi connectivity index (χ1n) is 7.23. The minimum atomic E-state index is -0.610. The quantitative estimate of drug-likeness (QED) is 0.543. The molecule has 7 nitrogen and oxygen atoms in total. The Morgan fingerprint density at radius 3 is 2.72 bits per heavy atom. The fraction of sp³-hybridized carbons (Fsp3) is 0.118. The fourth-order valence-electron chi connectivity index (χ4n) is 2.53. The molecule has 3 rings (SSSR count). The van der Waals surface area contributed by atoms with Gasteiger partial charge in [-0.25, -0.2) is 0 Å². The predicted octanol–water partition coefficient (Wildman–Crippen LogP) is 4.56. The van der Waals surface area contributed by atoms with E-state index in [0.717, 1.165) is 0 Å². The molecule has 0 radical (unpaired) electrons. The Morgan fingerprint density at radius 2 is 2.04 bits per heavy atom. The summed E-state index contributed by atoms with van der Waals surface area (Å²) < 4.78 is 10.8. The second-order valence-electron chi connectivity index (χ2n) is 5.27. The lowest BCUT2D eigenvalue weighted by atomic mass is 10.1. The second-order valence-corrected chi connectivity index (χ2v) is 5.68. The van der Waals surface area contributed by atoms with Crippen molar-refractivity contribution in [3.8, 4) is 5.75 Å². The van der Waals surface area contributed by atoms with Crippen LogP contribution in [0.5, 0.6) is 5.75 Å². The summed E-state index contributed by atoms with van der Waals surface area (Å²) >= 11 is 5.78. The van der Waals surface area contributed by atoms with E-state index in [1.165, 1.54) is 25.3 Å². The molecule has 1 aromatic heterocycles. The molecule has 1 heterocycles. The van der Waals surface area contributed by atoms with Crippen LogP contribution in [-0.4, -0.2) is 17.9 Å². The van der Waals surface area contributed by atoms with E-state index < -0.39 is 10.8 Å². The lowest BCUT2D eigenvalue weighted by Gasteiger charge is -2.06. The summed E-state index contributed by atoms with van der Waals surface area (Å²) in [5.74, 6) is 0.579. The van der Waals surface area contributed by atoms with Crippen LogP contribution in [0, 0.1) is 17.0 Å². The van der Waals surface area contributed by atoms with E-state index in [1.807, 2.05) is 0 Å². The average molecular weight is 361 g/mol. The normalized spacial score (nSPS) is 10.7. The molecule has 25 heavy (non-hydrogen) atoms. The number of benzene rings is 2. The Labute approximate surface area is 147 Å². The summed E-state index contributed by atoms with van der Waals surface area (Å²) in [6.07, 6.45) is 0. The highest BCUT2D eigenvalue weighted by molar-refractivity contribution is 6.32. The number of nitrogens with one attached hydrogen (secondary N) is 1. The second kappa shape index (κ2) is 6.45. The van der Waals surface area contributed by atoms with Crippen LogP contribution >= 0.6 is 11.6 Å². The van der Waals surface area contributed by atoms with Gasteiger partial charge in [0.25, 0.3) is 11.6 Å². The van der Waals surface area contributed by atoms with Gasteiger partial charge in [-0.1, -0.05) is 11.6 Å². The summed E-state index contributed by atoms with van der Waals surface area (Å²) in [6, 6.07) is 9.20. The monoisotopic (exact) mass is 360 g/mol. The molecule has 0 aliphatic rings. The maximum absolute atomic E-state index is 12.7. The lowest BCUT2D eigenvalue weighted by molar-refractivity contribution is -0.384. The molecule has 128 valence electrons. The number of nitro benzene ring substituents is 1. The number of amides is 1. The van der Waals surface area contributed by atoms with Crippen molar-refractivity contribution in [1.82, 2.24) is 0 Å². The van der Waals surface area contributed by atoms with Crippen LogP contribution in [0.1, 0.15) is 16.1 Å². The highest BCUT2D eigenvalue weighted by atomic mass is 35.5. The number of carbonyl (C=O) groups is 1. The Hall–Kier alpha value is -3.06. The number of carbonyl (C=O) groups excluding carboxylic acids is 1. The third kappa shape index (κ3) is 3.14. The number of aryl methyl sites for hydroxylation is 1. The number of ether oxygens (including phenoxy) is 1. The first kappa shape index (κ1) is 16.8. The van der Waals surface area contributed by atoms with Gasteiger partial charge in [-0.2, -0.15) is 0 Å². The van der Waals surface area contributed by atoms with E-state index >= 15 is 0 Å². The Kier molecular flexibility index (Phi) is 4.33. The molecule has 1 N–H and O–H groups in total. The molecule has 0 aliphatic heterocycles. The maximum Gasteiger partial charge on any atom is 0.289 e. The molecule has 0 fully saturated rings. The third-order valence-electron chi connectivity index (χ3n) is 3.70. The summed E-state index contributed by atoms with van der Waals surface area (Å²) in [5.41, 5.74) is 0.865. The zero-order valence-electron chi connectivity index (χ0n) is 13.3. The molecular weight excluding hydrogens is 348 g/mol. The number of halogens is 1. The molecule has 0 aliphatic carbocycles. The molecule has 0 bridgehead atoms. The van der Waals surface area contributed by atoms with Crippen molar-refractivity contribution in [2.75, 3.05) is 12.4 Å². The van der Waals surface area contributed by atoms with E-state index in [4.69, 9.17) is 20.8 Å². The fourth-order valence-corrected chi connectivity index (χ4v) is 2.72. The van der Waals surface area contributed by atoms with Crippen molar-refractivity contribution in [2.45, 2.75) is 6.92 Å². The zero-order valence-corrected chi connectivity index (χ0v) is 14.1. The van der Waals surface area contributed by atoms with Gasteiger partial charge in [0.1, 0.15) is 22.1 Å². The van der Waals surface area contributed by atoms with Gasteiger partial charge in [0, 0.05) is 17.1 Å². The molecule has 0 saturated carbocycles. The van der Waals surface area contributed by atoms with Crippen molar-refractivity contribution in [2.24, 2.45) is 0 Å². The van der Waals surface area contributed by atoms with Gasteiger partial charge in [0.05, 0.1) is 17.6 Å². The predicted molar refractivity (Wildman–Crippen MR) is 93.6 cm³/mol. The van der Waals surface area contributed by atoms with E-state index in [2.05, 4.69) is 5.32 Å². The van der Waals surface area contributed by atoms with E-state index in [-0.39, 0.29) is 16.4 Å². The number of hydrogen-bond acceptors (Lipinski definition) is 5. The summed E-state index contributed by atoms with van der Waals surface area (Å²) in [6.45, 7) is 1.67. The molecule has 2 aromatic carbocycles. The number of fused-ring (bicyclic) bond motifs is 1. The van der Waals surface area contributed by atoms with Crippen LogP contribution in [0.15, 0.2) is 40.8 Å². The average Bonchev–Trinajstić information content (AvgIpc) is 2.91. The number of methoxy groups -OCH3 is 1. The Morgan fingerprint density at radius 1 is 1.28 bits per heavy atom. The first-order chi connectivity index (χ1) is 11.9. The minimum absolute atomic E-state index is 0.00215. The smallest absolute Gasteiger partial charge is 0.289 e. The summed E-state index contributed by atoms with van der Waals surface area (Å²) in [5, 5.41) is 14.2. The van der Waals surface area contributed by atoms with Gasteiger partial charge in [-0.3, -0.25) is 14.9 Å². The van der Waals surface area contributed by atoms with Crippen LogP contribution in [-0.2, 0) is 0 Å².